The van der Waals surface area contributed by atoms with Crippen molar-refractivity contribution in [1.82, 2.24) is 9.55 Å². The number of carboxylic acid groups (broad SMARTS) is 1. The normalized spacial score (nSPS) is 11.0. The number of thiophene rings is 1. The van der Waals surface area contributed by atoms with Crippen LogP contribution in [-0.2, 0) is 6.54 Å². The molecule has 2 aromatic carbocycles. The summed E-state index contributed by atoms with van der Waals surface area (Å²) in [4.78, 5) is 29.0. The maximum absolute atomic E-state index is 13.2. The van der Waals surface area contributed by atoms with Crippen molar-refractivity contribution in [3.05, 3.63) is 87.5 Å². The molecule has 0 saturated heterocycles. The van der Waals surface area contributed by atoms with E-state index in [2.05, 4.69) is 4.98 Å². The molecule has 0 spiro atoms. The molecule has 0 radical (unpaired) electrons. The minimum Gasteiger partial charge on any atom is -0.545 e. The topological polar surface area (TPSA) is 75.0 Å². The van der Waals surface area contributed by atoms with E-state index in [0.717, 1.165) is 5.56 Å². The Morgan fingerprint density at radius 2 is 1.96 bits per heavy atom. The van der Waals surface area contributed by atoms with Crippen molar-refractivity contribution in [2.45, 2.75) is 6.54 Å². The minimum atomic E-state index is -1.27. The Labute approximate surface area is 157 Å². The average Bonchev–Trinajstić information content (AvgIpc) is 3.10. The van der Waals surface area contributed by atoms with Gasteiger partial charge < -0.3 is 9.90 Å². The van der Waals surface area contributed by atoms with Crippen LogP contribution < -0.4 is 10.7 Å². The van der Waals surface area contributed by atoms with E-state index in [1.54, 1.807) is 24.3 Å². The lowest BCUT2D eigenvalue weighted by Gasteiger charge is -2.09. The van der Waals surface area contributed by atoms with Gasteiger partial charge in [-0.05, 0) is 34.9 Å². The van der Waals surface area contributed by atoms with Crippen molar-refractivity contribution in [3.63, 3.8) is 0 Å². The van der Waals surface area contributed by atoms with Gasteiger partial charge in [-0.2, -0.15) is 0 Å². The molecule has 0 unspecified atom stereocenters. The molecule has 2 heterocycles. The van der Waals surface area contributed by atoms with Gasteiger partial charge in [0.2, 0.25) is 0 Å². The number of carbonyl (C=O) groups is 1. The zero-order chi connectivity index (χ0) is 19.0. The van der Waals surface area contributed by atoms with Crippen LogP contribution in [0.2, 0.25) is 0 Å². The van der Waals surface area contributed by atoms with Crippen LogP contribution in [0.3, 0.4) is 0 Å². The van der Waals surface area contributed by atoms with Gasteiger partial charge in [-0.25, -0.2) is 9.37 Å². The van der Waals surface area contributed by atoms with Crippen LogP contribution >= 0.6 is 11.3 Å². The molecule has 134 valence electrons. The van der Waals surface area contributed by atoms with Crippen LogP contribution in [0.25, 0.3) is 21.3 Å². The predicted octanol–water partition coefficient (Wildman–Crippen LogP) is 2.68. The number of nitrogens with zero attached hydrogens (tertiary/aromatic N) is 2. The zero-order valence-corrected chi connectivity index (χ0v) is 14.7. The molecule has 0 atom stereocenters. The molecule has 0 fully saturated rings. The van der Waals surface area contributed by atoms with Crippen molar-refractivity contribution in [2.75, 3.05) is 0 Å². The molecule has 5 nitrogen and oxygen atoms in total. The van der Waals surface area contributed by atoms with Crippen LogP contribution in [0.15, 0.2) is 65.0 Å². The van der Waals surface area contributed by atoms with E-state index in [9.17, 15) is 19.1 Å². The Balaban J connectivity index is 1.79. The Morgan fingerprint density at radius 3 is 2.70 bits per heavy atom. The Morgan fingerprint density at radius 1 is 1.19 bits per heavy atom. The first-order valence-electron chi connectivity index (χ1n) is 8.06. The van der Waals surface area contributed by atoms with Crippen LogP contribution in [-0.4, -0.2) is 15.5 Å². The number of hydrogen-bond acceptors (Lipinski definition) is 5. The molecule has 0 saturated carbocycles. The lowest BCUT2D eigenvalue weighted by molar-refractivity contribution is -0.255. The number of halogens is 1. The number of aromatic carboxylic acids is 1. The molecule has 4 rings (SSSR count). The maximum atomic E-state index is 13.2. The molecule has 2 aromatic heterocycles. The van der Waals surface area contributed by atoms with Gasteiger partial charge in [-0.1, -0.05) is 30.3 Å². The van der Waals surface area contributed by atoms with E-state index in [1.165, 1.54) is 46.5 Å². The van der Waals surface area contributed by atoms with E-state index >= 15 is 0 Å². The average molecular weight is 379 g/mol. The van der Waals surface area contributed by atoms with E-state index in [4.69, 9.17) is 0 Å². The molecule has 0 aliphatic heterocycles. The fourth-order valence-corrected chi connectivity index (χ4v) is 3.82. The van der Waals surface area contributed by atoms with Crippen LogP contribution in [0, 0.1) is 5.82 Å². The third-order valence-corrected chi connectivity index (χ3v) is 5.12. The van der Waals surface area contributed by atoms with Gasteiger partial charge in [0.1, 0.15) is 10.6 Å². The Hall–Kier alpha value is -3.32. The first kappa shape index (κ1) is 17.1. The highest BCUT2D eigenvalue weighted by Gasteiger charge is 2.13. The minimum absolute atomic E-state index is 0.0529. The van der Waals surface area contributed by atoms with Crippen molar-refractivity contribution < 1.29 is 14.3 Å². The van der Waals surface area contributed by atoms with E-state index in [-0.39, 0.29) is 23.5 Å². The van der Waals surface area contributed by atoms with Crippen LogP contribution in [0.4, 0.5) is 4.39 Å². The second-order valence-corrected chi connectivity index (χ2v) is 6.86. The number of benzene rings is 2. The molecular weight excluding hydrogens is 367 g/mol. The highest BCUT2D eigenvalue weighted by atomic mass is 32.1. The Bertz CT molecular complexity index is 1210. The van der Waals surface area contributed by atoms with Crippen LogP contribution in [0.1, 0.15) is 15.9 Å². The van der Waals surface area contributed by atoms with Gasteiger partial charge >= 0.3 is 0 Å². The summed E-state index contributed by atoms with van der Waals surface area (Å²) in [6.45, 7) is 0.182. The second kappa shape index (κ2) is 6.77. The first-order chi connectivity index (χ1) is 13.0. The van der Waals surface area contributed by atoms with E-state index < -0.39 is 5.97 Å². The number of carbonyl (C=O) groups excluding carboxylic acids is 1. The number of rotatable bonds is 4. The summed E-state index contributed by atoms with van der Waals surface area (Å²) in [5, 5.41) is 13.3. The summed E-state index contributed by atoms with van der Waals surface area (Å²) in [7, 11) is 0. The van der Waals surface area contributed by atoms with Gasteiger partial charge in [-0.15, -0.1) is 11.3 Å². The SMILES string of the molecule is O=C([O-])c1cccc(Cn2cnc3scc(-c4ccc(F)cc4)c3c2=O)c1. The summed E-state index contributed by atoms with van der Waals surface area (Å²) in [5.41, 5.74) is 1.90. The van der Waals surface area contributed by atoms with Gasteiger partial charge in [-0.3, -0.25) is 9.36 Å². The standard InChI is InChI=1S/C20H13FN2O3S/c21-15-6-4-13(5-7-15)16-10-27-18-17(16)19(24)23(11-22-18)9-12-2-1-3-14(8-12)20(25)26/h1-8,10-11H,9H2,(H,25,26)/p-1. The fourth-order valence-electron chi connectivity index (χ4n) is 2.92. The molecule has 7 heteroatoms. The number of aromatic nitrogens is 2. The molecular formula is C20H12FN2O3S-. The summed E-state index contributed by atoms with van der Waals surface area (Å²) in [5.74, 6) is -1.61. The van der Waals surface area contributed by atoms with Gasteiger partial charge in [0.25, 0.3) is 5.56 Å². The molecule has 27 heavy (non-hydrogen) atoms. The monoisotopic (exact) mass is 379 g/mol. The largest absolute Gasteiger partial charge is 0.545 e. The van der Waals surface area contributed by atoms with Crippen LogP contribution in [0.5, 0.6) is 0 Å². The summed E-state index contributed by atoms with van der Waals surface area (Å²) >= 11 is 1.34. The third-order valence-electron chi connectivity index (χ3n) is 4.23. The highest BCUT2D eigenvalue weighted by Crippen LogP contribution is 2.30. The van der Waals surface area contributed by atoms with E-state index in [0.29, 0.717) is 21.3 Å². The van der Waals surface area contributed by atoms with Gasteiger partial charge in [0, 0.05) is 10.9 Å². The highest BCUT2D eigenvalue weighted by molar-refractivity contribution is 7.17. The van der Waals surface area contributed by atoms with E-state index in [1.807, 2.05) is 5.38 Å². The summed E-state index contributed by atoms with van der Waals surface area (Å²) < 4.78 is 14.6. The molecule has 0 bridgehead atoms. The predicted molar refractivity (Wildman–Crippen MR) is 99.1 cm³/mol. The quantitative estimate of drug-likeness (QED) is 0.546. The Kier molecular flexibility index (Phi) is 4.29. The third kappa shape index (κ3) is 3.24. The molecule has 0 amide bonds. The number of carboxylic acids is 1. The number of fused-ring (bicyclic) bond motifs is 1. The molecule has 4 aromatic rings. The summed E-state index contributed by atoms with van der Waals surface area (Å²) in [6.07, 6.45) is 1.45. The van der Waals surface area contributed by atoms with Crippen molar-refractivity contribution in [1.29, 1.82) is 0 Å². The van der Waals surface area contributed by atoms with Crippen molar-refractivity contribution in [3.8, 4) is 11.1 Å². The van der Waals surface area contributed by atoms with Gasteiger partial charge in [0.15, 0.2) is 0 Å². The second-order valence-electron chi connectivity index (χ2n) is 6.00. The molecule has 0 aliphatic carbocycles. The number of hydrogen-bond donors (Lipinski definition) is 0. The summed E-state index contributed by atoms with van der Waals surface area (Å²) in [6, 6.07) is 12.2. The molecule has 0 N–H and O–H groups in total. The first-order valence-corrected chi connectivity index (χ1v) is 8.94. The maximum Gasteiger partial charge on any atom is 0.263 e. The smallest absolute Gasteiger partial charge is 0.263 e. The zero-order valence-electron chi connectivity index (χ0n) is 13.9. The van der Waals surface area contributed by atoms with Crippen molar-refractivity contribution >= 4 is 27.5 Å². The van der Waals surface area contributed by atoms with Gasteiger partial charge in [0.05, 0.1) is 24.2 Å². The lowest BCUT2D eigenvalue weighted by atomic mass is 10.1. The molecule has 0 aliphatic rings. The lowest BCUT2D eigenvalue weighted by Crippen LogP contribution is -2.23. The fraction of sp³-hybridized carbons (Fsp3) is 0.0500. The van der Waals surface area contributed by atoms with Crippen molar-refractivity contribution in [2.24, 2.45) is 0 Å².